The minimum Gasteiger partial charge on any atom is -0.382 e. The molecule has 0 amide bonds. The highest BCUT2D eigenvalue weighted by Gasteiger charge is 2.01. The second-order valence-corrected chi connectivity index (χ2v) is 3.65. The number of nitrogens with zero attached hydrogens (tertiary/aromatic N) is 3. The largest absolute Gasteiger partial charge is 0.382 e. The molecule has 0 atom stereocenters. The van der Waals surface area contributed by atoms with E-state index in [9.17, 15) is 0 Å². The van der Waals surface area contributed by atoms with Crippen LogP contribution in [0.15, 0.2) is 41.6 Å². The number of rotatable bonds is 4. The van der Waals surface area contributed by atoms with Crippen molar-refractivity contribution in [3.63, 3.8) is 0 Å². The Morgan fingerprint density at radius 2 is 2.11 bits per heavy atom. The van der Waals surface area contributed by atoms with Gasteiger partial charge in [0.15, 0.2) is 5.84 Å². The van der Waals surface area contributed by atoms with Crippen molar-refractivity contribution in [2.24, 2.45) is 10.8 Å². The molecule has 0 aliphatic rings. The third-order valence-corrected chi connectivity index (χ3v) is 2.35. The molecule has 19 heavy (non-hydrogen) atoms. The second kappa shape index (κ2) is 5.46. The number of hydrogen-bond donors (Lipinski definition) is 4. The summed E-state index contributed by atoms with van der Waals surface area (Å²) in [6.07, 6.45) is 1.68. The lowest BCUT2D eigenvalue weighted by molar-refractivity contribution is 1.10. The Balaban J connectivity index is 2.12. The average molecular weight is 253 g/mol. The van der Waals surface area contributed by atoms with Crippen molar-refractivity contribution >= 4 is 17.2 Å². The second-order valence-electron chi connectivity index (χ2n) is 3.65. The molecule has 1 heterocycles. The molecule has 2 rings (SSSR count). The first kappa shape index (κ1) is 12.3. The van der Waals surface area contributed by atoms with E-state index in [2.05, 4.69) is 20.7 Å². The van der Waals surface area contributed by atoms with Crippen molar-refractivity contribution in [3.05, 3.63) is 36.5 Å². The van der Waals surface area contributed by atoms with Gasteiger partial charge in [-0.15, -0.1) is 0 Å². The van der Waals surface area contributed by atoms with Crippen molar-refractivity contribution in [3.8, 4) is 17.3 Å². The predicted molar refractivity (Wildman–Crippen MR) is 72.6 cm³/mol. The number of benzene rings is 1. The van der Waals surface area contributed by atoms with Crippen molar-refractivity contribution in [1.82, 2.24) is 10.2 Å². The van der Waals surface area contributed by atoms with Gasteiger partial charge in [-0.2, -0.15) is 15.5 Å². The maximum Gasteiger partial charge on any atom is 0.201 e. The quantitative estimate of drug-likeness (QED) is 0.372. The molecule has 0 spiro atoms. The fourth-order valence-electron chi connectivity index (χ4n) is 1.41. The molecular formula is C12H11N7. The highest BCUT2D eigenvalue weighted by atomic mass is 15.3. The van der Waals surface area contributed by atoms with Crippen molar-refractivity contribution in [2.45, 2.75) is 0 Å². The molecule has 5 N–H and O–H groups in total. The Labute approximate surface area is 109 Å². The zero-order chi connectivity index (χ0) is 13.7. The molecule has 7 heteroatoms. The van der Waals surface area contributed by atoms with Crippen LogP contribution in [0.3, 0.4) is 0 Å². The van der Waals surface area contributed by atoms with E-state index >= 15 is 0 Å². The van der Waals surface area contributed by atoms with Crippen LogP contribution in [-0.2, 0) is 0 Å². The molecule has 0 bridgehead atoms. The third kappa shape index (κ3) is 2.95. The summed E-state index contributed by atoms with van der Waals surface area (Å²) in [4.78, 5) is 0. The molecule has 0 saturated heterocycles. The number of hydrogen-bond acceptors (Lipinski definition) is 5. The molecule has 0 fully saturated rings. The molecule has 1 aromatic carbocycles. The summed E-state index contributed by atoms with van der Waals surface area (Å²) >= 11 is 0. The van der Waals surface area contributed by atoms with E-state index in [-0.39, 0.29) is 11.5 Å². The average Bonchev–Trinajstić information content (AvgIpc) is 2.94. The summed E-state index contributed by atoms with van der Waals surface area (Å²) in [5.41, 5.74) is 10.3. The third-order valence-electron chi connectivity index (χ3n) is 2.35. The molecule has 7 nitrogen and oxygen atoms in total. The van der Waals surface area contributed by atoms with Gasteiger partial charge in [0.1, 0.15) is 6.07 Å². The number of nitrogens with one attached hydrogen (secondary N) is 3. The summed E-state index contributed by atoms with van der Waals surface area (Å²) in [6.45, 7) is 0. The minimum atomic E-state index is -0.371. The zero-order valence-corrected chi connectivity index (χ0v) is 9.88. The van der Waals surface area contributed by atoms with Gasteiger partial charge in [0.2, 0.25) is 5.71 Å². The Morgan fingerprint density at radius 1 is 1.37 bits per heavy atom. The van der Waals surface area contributed by atoms with Gasteiger partial charge in [-0.05, 0) is 23.8 Å². The lowest BCUT2D eigenvalue weighted by Gasteiger charge is -2.02. The van der Waals surface area contributed by atoms with Crippen LogP contribution in [0.1, 0.15) is 0 Å². The zero-order valence-electron chi connectivity index (χ0n) is 9.88. The summed E-state index contributed by atoms with van der Waals surface area (Å²) in [5, 5.41) is 26.3. The SMILES string of the molecule is N#C/C(=N\Nc1ccc(-c2ccn[nH]2)cc1)C(=N)N. The van der Waals surface area contributed by atoms with E-state index in [4.69, 9.17) is 16.4 Å². The van der Waals surface area contributed by atoms with Crippen molar-refractivity contribution in [1.29, 1.82) is 10.7 Å². The Morgan fingerprint density at radius 3 is 2.63 bits per heavy atom. The standard InChI is InChI=1S/C12H11N7/c13-7-11(12(14)15)19-17-9-3-1-8(2-4-9)10-5-6-16-18-10/h1-6,17H,(H3,14,15)(H,16,18)/b19-11+. The van der Waals surface area contributed by atoms with Crippen LogP contribution in [0.2, 0.25) is 0 Å². The highest BCUT2D eigenvalue weighted by molar-refractivity contribution is 6.45. The minimum absolute atomic E-state index is 0.155. The normalized spacial score (nSPS) is 10.8. The van der Waals surface area contributed by atoms with Crippen LogP contribution < -0.4 is 11.2 Å². The first-order valence-electron chi connectivity index (χ1n) is 5.38. The van der Waals surface area contributed by atoms with E-state index in [1.54, 1.807) is 24.4 Å². The van der Waals surface area contributed by atoms with Gasteiger partial charge in [0.05, 0.1) is 11.4 Å². The summed E-state index contributed by atoms with van der Waals surface area (Å²) < 4.78 is 0. The van der Waals surface area contributed by atoms with Crippen LogP contribution >= 0.6 is 0 Å². The molecule has 1 aromatic heterocycles. The molecule has 0 saturated carbocycles. The predicted octanol–water partition coefficient (Wildman–Crippen LogP) is 1.30. The van der Waals surface area contributed by atoms with E-state index in [0.717, 1.165) is 11.3 Å². The molecular weight excluding hydrogens is 242 g/mol. The number of anilines is 1. The van der Waals surface area contributed by atoms with Gasteiger partial charge in [-0.1, -0.05) is 12.1 Å². The fourth-order valence-corrected chi connectivity index (χ4v) is 1.41. The monoisotopic (exact) mass is 253 g/mol. The Bertz CT molecular complexity index is 632. The Kier molecular flexibility index (Phi) is 3.54. The number of aromatic nitrogens is 2. The number of nitrogens with two attached hydrogens (primary N) is 1. The topological polar surface area (TPSA) is 127 Å². The first-order valence-corrected chi connectivity index (χ1v) is 5.38. The molecule has 0 unspecified atom stereocenters. The van der Waals surface area contributed by atoms with Crippen LogP contribution in [0.25, 0.3) is 11.3 Å². The lowest BCUT2D eigenvalue weighted by Crippen LogP contribution is -2.21. The smallest absolute Gasteiger partial charge is 0.201 e. The van der Waals surface area contributed by atoms with Gasteiger partial charge in [-0.3, -0.25) is 15.9 Å². The molecule has 0 radical (unpaired) electrons. The first-order chi connectivity index (χ1) is 9.20. The van der Waals surface area contributed by atoms with E-state index in [1.165, 1.54) is 0 Å². The molecule has 0 aliphatic heterocycles. The summed E-state index contributed by atoms with van der Waals surface area (Å²) in [6, 6.07) is 11.0. The summed E-state index contributed by atoms with van der Waals surface area (Å²) in [5.74, 6) is -0.371. The molecule has 94 valence electrons. The highest BCUT2D eigenvalue weighted by Crippen LogP contribution is 2.18. The van der Waals surface area contributed by atoms with Crippen LogP contribution in [-0.4, -0.2) is 21.7 Å². The van der Waals surface area contributed by atoms with Gasteiger partial charge in [0.25, 0.3) is 0 Å². The maximum atomic E-state index is 8.69. The van der Waals surface area contributed by atoms with Crippen LogP contribution in [0.5, 0.6) is 0 Å². The van der Waals surface area contributed by atoms with Crippen LogP contribution in [0.4, 0.5) is 5.69 Å². The van der Waals surface area contributed by atoms with Crippen molar-refractivity contribution < 1.29 is 0 Å². The van der Waals surface area contributed by atoms with E-state index < -0.39 is 0 Å². The summed E-state index contributed by atoms with van der Waals surface area (Å²) in [7, 11) is 0. The van der Waals surface area contributed by atoms with Gasteiger partial charge in [0, 0.05) is 6.20 Å². The van der Waals surface area contributed by atoms with E-state index in [1.807, 2.05) is 18.2 Å². The Hall–Kier alpha value is -3.14. The number of amidine groups is 1. The molecule has 0 aliphatic carbocycles. The number of H-pyrrole nitrogens is 1. The molecule has 2 aromatic rings. The lowest BCUT2D eigenvalue weighted by atomic mass is 10.1. The van der Waals surface area contributed by atoms with E-state index in [0.29, 0.717) is 5.69 Å². The van der Waals surface area contributed by atoms with Crippen molar-refractivity contribution in [2.75, 3.05) is 5.43 Å². The van der Waals surface area contributed by atoms with Gasteiger partial charge < -0.3 is 5.73 Å². The van der Waals surface area contributed by atoms with Gasteiger partial charge >= 0.3 is 0 Å². The van der Waals surface area contributed by atoms with Gasteiger partial charge in [-0.25, -0.2) is 0 Å². The number of hydrazone groups is 1. The number of nitriles is 1. The number of aromatic amines is 1. The fraction of sp³-hybridized carbons (Fsp3) is 0. The van der Waals surface area contributed by atoms with Crippen LogP contribution in [0, 0.1) is 16.7 Å². The maximum absolute atomic E-state index is 8.69.